The molecule has 0 radical (unpaired) electrons. The van der Waals surface area contributed by atoms with E-state index >= 15 is 0 Å². The van der Waals surface area contributed by atoms with Gasteiger partial charge in [0.05, 0.1) is 24.4 Å². The molecule has 3 rings (SSSR count). The Bertz CT molecular complexity index is 892. The third kappa shape index (κ3) is 3.65. The molecule has 1 aromatic carbocycles. The summed E-state index contributed by atoms with van der Waals surface area (Å²) >= 11 is 6.01. The number of rotatable bonds is 3. The molecule has 1 aliphatic rings. The molecule has 1 atom stereocenters. The summed E-state index contributed by atoms with van der Waals surface area (Å²) in [6, 6.07) is 6.81. The number of halogens is 2. The first kappa shape index (κ1) is 17.4. The maximum Gasteiger partial charge on any atom is 0.291 e. The lowest BCUT2D eigenvalue weighted by atomic mass is 10.1. The van der Waals surface area contributed by atoms with Gasteiger partial charge in [0.15, 0.2) is 0 Å². The van der Waals surface area contributed by atoms with Crippen molar-refractivity contribution in [1.82, 2.24) is 9.55 Å². The summed E-state index contributed by atoms with van der Waals surface area (Å²) in [5.74, 6) is -0.587. The minimum absolute atomic E-state index is 0.00805. The molecule has 1 aromatic heterocycles. The van der Waals surface area contributed by atoms with Crippen LogP contribution in [0.3, 0.4) is 0 Å². The number of nitriles is 1. The lowest BCUT2D eigenvalue weighted by molar-refractivity contribution is 0.484. The Labute approximate surface area is 149 Å². The molecule has 2 N–H and O–H groups in total. The van der Waals surface area contributed by atoms with Gasteiger partial charge in [-0.25, -0.2) is 4.98 Å². The van der Waals surface area contributed by atoms with Crippen LogP contribution in [0.4, 0.5) is 10.3 Å². The second-order valence-electron chi connectivity index (χ2n) is 6.06. The zero-order valence-electron chi connectivity index (χ0n) is 13.5. The van der Waals surface area contributed by atoms with Gasteiger partial charge in [-0.1, -0.05) is 11.6 Å². The first-order valence-electron chi connectivity index (χ1n) is 7.94. The van der Waals surface area contributed by atoms with Crippen molar-refractivity contribution in [2.45, 2.75) is 25.4 Å². The van der Waals surface area contributed by atoms with Crippen LogP contribution in [0.2, 0.25) is 5.02 Å². The van der Waals surface area contributed by atoms with Gasteiger partial charge in [-0.05, 0) is 36.6 Å². The molecular weight excluding hydrogens is 345 g/mol. The molecule has 0 saturated carbocycles. The maximum absolute atomic E-state index is 13.8. The number of nitrogens with zero attached hydrogens (tertiary/aromatic N) is 4. The average molecular weight is 362 g/mol. The first-order chi connectivity index (χ1) is 12.0. The monoisotopic (exact) mass is 361 g/mol. The van der Waals surface area contributed by atoms with E-state index in [0.717, 1.165) is 19.0 Å². The molecule has 0 amide bonds. The van der Waals surface area contributed by atoms with Crippen molar-refractivity contribution in [1.29, 1.82) is 5.26 Å². The van der Waals surface area contributed by atoms with Crippen LogP contribution in [0, 0.1) is 17.1 Å². The molecule has 0 aliphatic carbocycles. The van der Waals surface area contributed by atoms with E-state index in [1.54, 1.807) is 18.2 Å². The Morgan fingerprint density at radius 2 is 2.28 bits per heavy atom. The zero-order valence-corrected chi connectivity index (χ0v) is 14.2. The highest BCUT2D eigenvalue weighted by Gasteiger charge is 2.22. The normalized spacial score (nSPS) is 17.4. The van der Waals surface area contributed by atoms with Gasteiger partial charge in [-0.15, -0.1) is 0 Å². The first-order valence-corrected chi connectivity index (χ1v) is 8.32. The fourth-order valence-corrected chi connectivity index (χ4v) is 3.21. The molecule has 1 fully saturated rings. The SMILES string of the molecule is N#Cc1ccc(Cl)cc1Cn1c(N2CCC[C@@H](N)C2)ncc(F)c1=O. The molecule has 1 aliphatic heterocycles. The van der Waals surface area contributed by atoms with Crippen LogP contribution in [0.25, 0.3) is 0 Å². The van der Waals surface area contributed by atoms with Gasteiger partial charge in [0.25, 0.3) is 5.56 Å². The van der Waals surface area contributed by atoms with Gasteiger partial charge < -0.3 is 10.6 Å². The standard InChI is InChI=1S/C17H17ClFN5O/c18-13-4-3-11(7-20)12(6-13)9-24-16(25)15(19)8-22-17(24)23-5-1-2-14(21)10-23/h3-4,6,8,14H,1-2,5,9-10,21H2/t14-/m1/s1. The molecular formula is C17H17ClFN5O. The number of aromatic nitrogens is 2. The van der Waals surface area contributed by atoms with E-state index in [1.165, 1.54) is 4.57 Å². The van der Waals surface area contributed by atoms with Crippen LogP contribution in [0.1, 0.15) is 24.0 Å². The fourth-order valence-electron chi connectivity index (χ4n) is 3.02. The number of nitrogens with two attached hydrogens (primary N) is 1. The highest BCUT2D eigenvalue weighted by molar-refractivity contribution is 6.30. The van der Waals surface area contributed by atoms with Crippen molar-refractivity contribution >= 4 is 17.5 Å². The van der Waals surface area contributed by atoms with Gasteiger partial charge in [-0.2, -0.15) is 9.65 Å². The average Bonchev–Trinajstić information content (AvgIpc) is 2.59. The predicted octanol–water partition coefficient (Wildman–Crippen LogP) is 1.88. The molecule has 8 heteroatoms. The molecule has 6 nitrogen and oxygen atoms in total. The van der Waals surface area contributed by atoms with Crippen molar-refractivity contribution in [2.75, 3.05) is 18.0 Å². The second-order valence-corrected chi connectivity index (χ2v) is 6.50. The third-order valence-corrected chi connectivity index (χ3v) is 4.48. The van der Waals surface area contributed by atoms with E-state index in [1.807, 2.05) is 4.90 Å². The van der Waals surface area contributed by atoms with Gasteiger partial charge in [0.2, 0.25) is 11.8 Å². The Hall–Kier alpha value is -2.43. The summed E-state index contributed by atoms with van der Waals surface area (Å²) in [7, 11) is 0. The topological polar surface area (TPSA) is 87.9 Å². The Morgan fingerprint density at radius 1 is 1.48 bits per heavy atom. The minimum atomic E-state index is -0.939. The quantitative estimate of drug-likeness (QED) is 0.901. The molecule has 25 heavy (non-hydrogen) atoms. The van der Waals surface area contributed by atoms with E-state index in [4.69, 9.17) is 17.3 Å². The van der Waals surface area contributed by atoms with Gasteiger partial charge >= 0.3 is 0 Å². The number of hydrogen-bond donors (Lipinski definition) is 1. The predicted molar refractivity (Wildman–Crippen MR) is 93.1 cm³/mol. The molecule has 2 aromatic rings. The number of benzene rings is 1. The number of piperidine rings is 1. The fraction of sp³-hybridized carbons (Fsp3) is 0.353. The van der Waals surface area contributed by atoms with Crippen molar-refractivity contribution < 1.29 is 4.39 Å². The van der Waals surface area contributed by atoms with E-state index < -0.39 is 11.4 Å². The number of anilines is 1. The zero-order chi connectivity index (χ0) is 18.0. The van der Waals surface area contributed by atoms with E-state index in [9.17, 15) is 14.4 Å². The lowest BCUT2D eigenvalue weighted by Crippen LogP contribution is -2.45. The van der Waals surface area contributed by atoms with Crippen molar-refractivity contribution in [3.05, 3.63) is 56.7 Å². The summed E-state index contributed by atoms with van der Waals surface area (Å²) in [5.41, 5.74) is 6.13. The molecule has 2 heterocycles. The third-order valence-electron chi connectivity index (χ3n) is 4.24. The Morgan fingerprint density at radius 3 is 3.00 bits per heavy atom. The van der Waals surface area contributed by atoms with Gasteiger partial charge in [-0.3, -0.25) is 9.36 Å². The van der Waals surface area contributed by atoms with Crippen LogP contribution in [0.15, 0.2) is 29.2 Å². The molecule has 1 saturated heterocycles. The van der Waals surface area contributed by atoms with Crippen LogP contribution in [-0.4, -0.2) is 28.7 Å². The van der Waals surface area contributed by atoms with E-state index in [-0.39, 0.29) is 12.6 Å². The smallest absolute Gasteiger partial charge is 0.291 e. The van der Waals surface area contributed by atoms with Crippen LogP contribution < -0.4 is 16.2 Å². The number of hydrogen-bond acceptors (Lipinski definition) is 5. The molecule has 0 spiro atoms. The summed E-state index contributed by atoms with van der Waals surface area (Å²) in [5, 5.41) is 9.70. The van der Waals surface area contributed by atoms with Gasteiger partial charge in [0.1, 0.15) is 0 Å². The molecule has 0 bridgehead atoms. The van der Waals surface area contributed by atoms with Crippen LogP contribution in [-0.2, 0) is 6.54 Å². The Balaban J connectivity index is 2.06. The van der Waals surface area contributed by atoms with Crippen molar-refractivity contribution in [3.8, 4) is 6.07 Å². The largest absolute Gasteiger partial charge is 0.341 e. The summed E-state index contributed by atoms with van der Waals surface area (Å²) in [6.07, 6.45) is 2.70. The summed E-state index contributed by atoms with van der Waals surface area (Å²) < 4.78 is 15.1. The van der Waals surface area contributed by atoms with Crippen molar-refractivity contribution in [2.24, 2.45) is 5.73 Å². The van der Waals surface area contributed by atoms with E-state index in [2.05, 4.69) is 11.1 Å². The highest BCUT2D eigenvalue weighted by atomic mass is 35.5. The lowest BCUT2D eigenvalue weighted by Gasteiger charge is -2.32. The molecule has 130 valence electrons. The van der Waals surface area contributed by atoms with E-state index in [0.29, 0.717) is 35.2 Å². The highest BCUT2D eigenvalue weighted by Crippen LogP contribution is 2.20. The van der Waals surface area contributed by atoms with Crippen LogP contribution in [0.5, 0.6) is 0 Å². The summed E-state index contributed by atoms with van der Waals surface area (Å²) in [4.78, 5) is 18.4. The Kier molecular flexibility index (Phi) is 5.02. The van der Waals surface area contributed by atoms with Crippen LogP contribution >= 0.6 is 11.6 Å². The van der Waals surface area contributed by atoms with Gasteiger partial charge in [0, 0.05) is 24.2 Å². The molecule has 0 unspecified atom stereocenters. The minimum Gasteiger partial charge on any atom is -0.341 e. The maximum atomic E-state index is 13.8. The van der Waals surface area contributed by atoms with Crippen molar-refractivity contribution in [3.63, 3.8) is 0 Å². The summed E-state index contributed by atoms with van der Waals surface area (Å²) in [6.45, 7) is 1.24. The second kappa shape index (κ2) is 7.21.